The van der Waals surface area contributed by atoms with Crippen molar-refractivity contribution in [2.45, 2.75) is 13.0 Å². The van der Waals surface area contributed by atoms with Gasteiger partial charge < -0.3 is 9.67 Å². The average molecular weight is 168 g/mol. The summed E-state index contributed by atoms with van der Waals surface area (Å²) in [5.74, 6) is 0. The van der Waals surface area contributed by atoms with Crippen LogP contribution >= 0.6 is 0 Å². The summed E-state index contributed by atoms with van der Waals surface area (Å²) in [5.41, 5.74) is 0. The molecule has 0 amide bonds. The Morgan fingerprint density at radius 3 is 2.75 bits per heavy atom. The molecule has 0 saturated heterocycles. The van der Waals surface area contributed by atoms with Crippen LogP contribution in [0, 0.1) is 0 Å². The van der Waals surface area contributed by atoms with E-state index in [1.807, 2.05) is 23.2 Å². The number of aromatic nitrogens is 2. The summed E-state index contributed by atoms with van der Waals surface area (Å²) in [5, 5.41) is 6.89. The minimum absolute atomic E-state index is 0.250. The number of nitrogens with zero attached hydrogens (tertiary/aromatic N) is 2. The Bertz CT molecular complexity index is 207. The number of carbonyl (C=O) groups is 1. The first-order valence-electron chi connectivity index (χ1n) is 3.49. The molecular weight excluding hydrogens is 156 g/mol. The van der Waals surface area contributed by atoms with E-state index in [-0.39, 0.29) is 6.47 Å². The lowest BCUT2D eigenvalue weighted by Crippen LogP contribution is -1.90. The Balaban J connectivity index is 0.000000354. The van der Waals surface area contributed by atoms with E-state index in [0.29, 0.717) is 0 Å². The molecule has 1 aromatic rings. The Hall–Kier alpha value is -1.58. The second-order valence-corrected chi connectivity index (χ2v) is 1.98. The van der Waals surface area contributed by atoms with Crippen LogP contribution in [-0.4, -0.2) is 21.1 Å². The third-order valence-electron chi connectivity index (χ3n) is 1.15. The first kappa shape index (κ1) is 10.4. The van der Waals surface area contributed by atoms with Gasteiger partial charge in [0.25, 0.3) is 6.47 Å². The highest BCUT2D eigenvalue weighted by atomic mass is 16.3. The van der Waals surface area contributed by atoms with Crippen molar-refractivity contribution in [3.63, 3.8) is 0 Å². The lowest BCUT2D eigenvalue weighted by molar-refractivity contribution is -0.122. The van der Waals surface area contributed by atoms with E-state index in [1.54, 1.807) is 6.20 Å². The van der Waals surface area contributed by atoms with Gasteiger partial charge in [-0.2, -0.15) is 0 Å². The molecule has 0 atom stereocenters. The van der Waals surface area contributed by atoms with E-state index in [9.17, 15) is 0 Å². The van der Waals surface area contributed by atoms with Gasteiger partial charge in [-0.05, 0) is 6.42 Å². The summed E-state index contributed by atoms with van der Waals surface area (Å²) >= 11 is 0. The molecule has 4 nitrogen and oxygen atoms in total. The molecule has 0 bridgehead atoms. The van der Waals surface area contributed by atoms with Crippen LogP contribution in [0.1, 0.15) is 6.42 Å². The maximum absolute atomic E-state index is 8.36. The highest BCUT2D eigenvalue weighted by molar-refractivity contribution is 5.32. The molecule has 0 unspecified atom stereocenters. The largest absolute Gasteiger partial charge is 0.483 e. The monoisotopic (exact) mass is 168 g/mol. The summed E-state index contributed by atoms with van der Waals surface area (Å²) < 4.78 is 2.03. The molecule has 1 aromatic heterocycles. The van der Waals surface area contributed by atoms with E-state index < -0.39 is 0 Å². The quantitative estimate of drug-likeness (QED) is 0.544. The predicted octanol–water partition coefficient (Wildman–Crippen LogP) is 1.16. The molecule has 0 aliphatic rings. The van der Waals surface area contributed by atoms with E-state index >= 15 is 0 Å². The molecule has 0 aliphatic heterocycles. The zero-order valence-corrected chi connectivity index (χ0v) is 6.76. The van der Waals surface area contributed by atoms with Crippen LogP contribution in [0.25, 0.3) is 0 Å². The fourth-order valence-electron chi connectivity index (χ4n) is 0.659. The van der Waals surface area contributed by atoms with Gasteiger partial charge in [0.05, 0.1) is 6.33 Å². The summed E-state index contributed by atoms with van der Waals surface area (Å²) in [6.07, 6.45) is 8.45. The first-order chi connectivity index (χ1) is 5.85. The third-order valence-corrected chi connectivity index (χ3v) is 1.15. The Kier molecular flexibility index (Phi) is 6.54. The van der Waals surface area contributed by atoms with Crippen molar-refractivity contribution in [3.8, 4) is 0 Å². The predicted molar refractivity (Wildman–Crippen MR) is 45.7 cm³/mol. The van der Waals surface area contributed by atoms with Gasteiger partial charge in [0.1, 0.15) is 0 Å². The van der Waals surface area contributed by atoms with Crippen LogP contribution in [0.4, 0.5) is 0 Å². The van der Waals surface area contributed by atoms with Gasteiger partial charge in [0.15, 0.2) is 0 Å². The number of imidazole rings is 1. The highest BCUT2D eigenvalue weighted by Gasteiger charge is 1.83. The molecule has 0 aliphatic carbocycles. The maximum Gasteiger partial charge on any atom is 0.290 e. The maximum atomic E-state index is 8.36. The Labute approximate surface area is 71.2 Å². The minimum atomic E-state index is -0.250. The van der Waals surface area contributed by atoms with Crippen LogP contribution in [0.3, 0.4) is 0 Å². The minimum Gasteiger partial charge on any atom is -0.483 e. The standard InChI is InChI=1S/C7H10N2.CH2O2/c1-2-3-5-9-6-4-8-7-9;2-1-3/h2,4,6-7H,1,3,5H2;1H,(H,2,3). The van der Waals surface area contributed by atoms with Crippen molar-refractivity contribution in [2.24, 2.45) is 0 Å². The van der Waals surface area contributed by atoms with Crippen LogP contribution in [0.5, 0.6) is 0 Å². The van der Waals surface area contributed by atoms with Crippen LogP contribution in [0.15, 0.2) is 31.4 Å². The summed E-state index contributed by atoms with van der Waals surface area (Å²) in [7, 11) is 0. The molecule has 0 spiro atoms. The number of carboxylic acid groups (broad SMARTS) is 1. The molecular formula is C8H12N2O2. The zero-order chi connectivity index (χ0) is 9.23. The smallest absolute Gasteiger partial charge is 0.290 e. The van der Waals surface area contributed by atoms with Crippen molar-refractivity contribution < 1.29 is 9.90 Å². The number of rotatable bonds is 3. The molecule has 1 heterocycles. The number of aryl methyl sites for hydroxylation is 1. The molecule has 66 valence electrons. The van der Waals surface area contributed by atoms with Crippen molar-refractivity contribution in [1.29, 1.82) is 0 Å². The number of hydrogen-bond acceptors (Lipinski definition) is 2. The second kappa shape index (κ2) is 7.53. The molecule has 0 saturated carbocycles. The van der Waals surface area contributed by atoms with Crippen molar-refractivity contribution in [2.75, 3.05) is 0 Å². The van der Waals surface area contributed by atoms with E-state index in [1.165, 1.54) is 0 Å². The fraction of sp³-hybridized carbons (Fsp3) is 0.250. The van der Waals surface area contributed by atoms with Crippen molar-refractivity contribution >= 4 is 6.47 Å². The SMILES string of the molecule is C=CCCn1ccnc1.O=CO. The molecule has 1 N–H and O–H groups in total. The van der Waals surface area contributed by atoms with Gasteiger partial charge in [0.2, 0.25) is 0 Å². The lowest BCUT2D eigenvalue weighted by Gasteiger charge is -1.94. The normalized spacial score (nSPS) is 8.00. The summed E-state index contributed by atoms with van der Waals surface area (Å²) in [4.78, 5) is 12.3. The van der Waals surface area contributed by atoms with E-state index in [4.69, 9.17) is 9.90 Å². The van der Waals surface area contributed by atoms with Crippen molar-refractivity contribution in [3.05, 3.63) is 31.4 Å². The average Bonchev–Trinajstić information content (AvgIpc) is 2.54. The fourth-order valence-corrected chi connectivity index (χ4v) is 0.659. The topological polar surface area (TPSA) is 55.1 Å². The Morgan fingerprint density at radius 1 is 1.67 bits per heavy atom. The third kappa shape index (κ3) is 5.22. The second-order valence-electron chi connectivity index (χ2n) is 1.98. The molecule has 0 aromatic carbocycles. The Morgan fingerprint density at radius 2 is 2.33 bits per heavy atom. The van der Waals surface area contributed by atoms with Gasteiger partial charge in [-0.3, -0.25) is 4.79 Å². The highest BCUT2D eigenvalue weighted by Crippen LogP contribution is 1.89. The summed E-state index contributed by atoms with van der Waals surface area (Å²) in [6, 6.07) is 0. The van der Waals surface area contributed by atoms with Crippen LogP contribution in [0.2, 0.25) is 0 Å². The van der Waals surface area contributed by atoms with Crippen LogP contribution in [-0.2, 0) is 11.3 Å². The number of allylic oxidation sites excluding steroid dienone is 1. The molecule has 0 fully saturated rings. The zero-order valence-electron chi connectivity index (χ0n) is 6.76. The van der Waals surface area contributed by atoms with Gasteiger partial charge in [-0.1, -0.05) is 6.08 Å². The molecule has 1 rings (SSSR count). The van der Waals surface area contributed by atoms with E-state index in [2.05, 4.69) is 11.6 Å². The van der Waals surface area contributed by atoms with Crippen molar-refractivity contribution in [1.82, 2.24) is 9.55 Å². The summed E-state index contributed by atoms with van der Waals surface area (Å²) in [6.45, 7) is 4.37. The van der Waals surface area contributed by atoms with Crippen LogP contribution < -0.4 is 0 Å². The first-order valence-corrected chi connectivity index (χ1v) is 3.49. The van der Waals surface area contributed by atoms with Gasteiger partial charge in [-0.15, -0.1) is 6.58 Å². The molecule has 0 radical (unpaired) electrons. The molecule has 12 heavy (non-hydrogen) atoms. The lowest BCUT2D eigenvalue weighted by atomic mass is 10.4. The number of hydrogen-bond donors (Lipinski definition) is 1. The van der Waals surface area contributed by atoms with Gasteiger partial charge >= 0.3 is 0 Å². The molecule has 4 heteroatoms. The van der Waals surface area contributed by atoms with Gasteiger partial charge in [-0.25, -0.2) is 4.98 Å². The van der Waals surface area contributed by atoms with E-state index in [0.717, 1.165) is 13.0 Å². The van der Waals surface area contributed by atoms with Gasteiger partial charge in [0, 0.05) is 18.9 Å².